The molecule has 0 aliphatic heterocycles. The summed E-state index contributed by atoms with van der Waals surface area (Å²) in [6.45, 7) is 6.13. The summed E-state index contributed by atoms with van der Waals surface area (Å²) in [6.07, 6.45) is 0. The maximum absolute atomic E-state index is 5.82. The third kappa shape index (κ3) is 2.97. The van der Waals surface area contributed by atoms with Gasteiger partial charge in [-0.15, -0.1) is 0 Å². The Kier molecular flexibility index (Phi) is 3.92. The Morgan fingerprint density at radius 2 is 2.07 bits per heavy atom. The first-order chi connectivity index (χ1) is 6.50. The SMILES string of the molecule is Cc1ccc(I)cc1N=C(N)C(C)C. The largest absolute Gasteiger partial charge is 0.387 e. The molecule has 1 aromatic carbocycles. The number of nitrogens with zero attached hydrogens (tertiary/aromatic N) is 1. The van der Waals surface area contributed by atoms with Crippen molar-refractivity contribution < 1.29 is 0 Å². The van der Waals surface area contributed by atoms with Crippen LogP contribution in [0.25, 0.3) is 0 Å². The van der Waals surface area contributed by atoms with E-state index >= 15 is 0 Å². The van der Waals surface area contributed by atoms with Crippen molar-refractivity contribution in [2.75, 3.05) is 0 Å². The molecule has 0 fully saturated rings. The van der Waals surface area contributed by atoms with Gasteiger partial charge in [0.05, 0.1) is 5.69 Å². The second-order valence-electron chi connectivity index (χ2n) is 3.62. The normalized spacial score (nSPS) is 12.2. The predicted molar refractivity (Wildman–Crippen MR) is 70.0 cm³/mol. The molecule has 1 aromatic rings. The maximum atomic E-state index is 5.82. The molecule has 0 aliphatic carbocycles. The van der Waals surface area contributed by atoms with Gasteiger partial charge in [0.15, 0.2) is 0 Å². The molecular formula is C11H15IN2. The summed E-state index contributed by atoms with van der Waals surface area (Å²) in [5.74, 6) is 0.988. The first-order valence-electron chi connectivity index (χ1n) is 4.61. The minimum Gasteiger partial charge on any atom is -0.387 e. The van der Waals surface area contributed by atoms with Crippen molar-refractivity contribution in [3.8, 4) is 0 Å². The van der Waals surface area contributed by atoms with Crippen molar-refractivity contribution in [1.29, 1.82) is 0 Å². The van der Waals surface area contributed by atoms with E-state index in [1.165, 1.54) is 3.57 Å². The van der Waals surface area contributed by atoms with Gasteiger partial charge in [-0.25, -0.2) is 4.99 Å². The third-order valence-electron chi connectivity index (χ3n) is 2.01. The molecule has 76 valence electrons. The topological polar surface area (TPSA) is 38.4 Å². The number of hydrogen-bond acceptors (Lipinski definition) is 1. The molecule has 0 heterocycles. The van der Waals surface area contributed by atoms with Gasteiger partial charge in [-0.05, 0) is 47.2 Å². The second kappa shape index (κ2) is 4.77. The van der Waals surface area contributed by atoms with Crippen LogP contribution in [0.5, 0.6) is 0 Å². The molecule has 2 nitrogen and oxygen atoms in total. The van der Waals surface area contributed by atoms with Gasteiger partial charge >= 0.3 is 0 Å². The lowest BCUT2D eigenvalue weighted by Gasteiger charge is -2.06. The first kappa shape index (κ1) is 11.5. The van der Waals surface area contributed by atoms with E-state index in [1.54, 1.807) is 0 Å². The fourth-order valence-electron chi connectivity index (χ4n) is 0.971. The molecule has 0 saturated carbocycles. The number of benzene rings is 1. The van der Waals surface area contributed by atoms with E-state index in [0.29, 0.717) is 11.8 Å². The highest BCUT2D eigenvalue weighted by atomic mass is 127. The zero-order valence-electron chi connectivity index (χ0n) is 8.71. The highest BCUT2D eigenvalue weighted by Crippen LogP contribution is 2.21. The number of rotatable bonds is 2. The van der Waals surface area contributed by atoms with Gasteiger partial charge in [0, 0.05) is 9.49 Å². The Morgan fingerprint density at radius 3 is 2.64 bits per heavy atom. The van der Waals surface area contributed by atoms with Crippen LogP contribution in [-0.4, -0.2) is 5.84 Å². The number of hydrogen-bond donors (Lipinski definition) is 1. The van der Waals surface area contributed by atoms with E-state index in [2.05, 4.69) is 39.7 Å². The quantitative estimate of drug-likeness (QED) is 0.508. The van der Waals surface area contributed by atoms with Crippen LogP contribution in [-0.2, 0) is 0 Å². The number of aliphatic imine (C=N–C) groups is 1. The lowest BCUT2D eigenvalue weighted by atomic mass is 10.2. The van der Waals surface area contributed by atoms with Crippen molar-refractivity contribution in [1.82, 2.24) is 0 Å². The zero-order valence-corrected chi connectivity index (χ0v) is 10.9. The van der Waals surface area contributed by atoms with Crippen molar-refractivity contribution in [3.63, 3.8) is 0 Å². The molecule has 0 unspecified atom stereocenters. The Balaban J connectivity index is 3.07. The Morgan fingerprint density at radius 1 is 1.43 bits per heavy atom. The van der Waals surface area contributed by atoms with E-state index < -0.39 is 0 Å². The van der Waals surface area contributed by atoms with Crippen LogP contribution >= 0.6 is 22.6 Å². The average Bonchev–Trinajstić information content (AvgIpc) is 2.11. The van der Waals surface area contributed by atoms with Crippen molar-refractivity contribution >= 4 is 34.1 Å². The summed E-state index contributed by atoms with van der Waals surface area (Å²) in [6, 6.07) is 6.18. The van der Waals surface area contributed by atoms with Gasteiger partial charge in [-0.3, -0.25) is 0 Å². The molecule has 14 heavy (non-hydrogen) atoms. The summed E-state index contributed by atoms with van der Waals surface area (Å²) < 4.78 is 1.18. The van der Waals surface area contributed by atoms with E-state index in [9.17, 15) is 0 Å². The summed E-state index contributed by atoms with van der Waals surface area (Å²) in [4.78, 5) is 4.41. The monoisotopic (exact) mass is 302 g/mol. The molecule has 0 aromatic heterocycles. The Bertz CT molecular complexity index is 356. The number of halogens is 1. The van der Waals surface area contributed by atoms with Crippen molar-refractivity contribution in [2.24, 2.45) is 16.6 Å². The summed E-state index contributed by atoms with van der Waals surface area (Å²) in [7, 11) is 0. The first-order valence-corrected chi connectivity index (χ1v) is 5.69. The highest BCUT2D eigenvalue weighted by Gasteiger charge is 2.02. The molecule has 0 aliphatic rings. The second-order valence-corrected chi connectivity index (χ2v) is 4.87. The summed E-state index contributed by atoms with van der Waals surface area (Å²) in [5, 5.41) is 0. The van der Waals surface area contributed by atoms with E-state index in [0.717, 1.165) is 11.3 Å². The van der Waals surface area contributed by atoms with E-state index in [-0.39, 0.29) is 0 Å². The minimum atomic E-state index is 0.298. The lowest BCUT2D eigenvalue weighted by molar-refractivity contribution is 0.872. The van der Waals surface area contributed by atoms with Gasteiger partial charge in [0.25, 0.3) is 0 Å². The predicted octanol–water partition coefficient (Wildman–Crippen LogP) is 3.24. The molecule has 2 N–H and O–H groups in total. The third-order valence-corrected chi connectivity index (χ3v) is 2.68. The molecule has 0 radical (unpaired) electrons. The average molecular weight is 302 g/mol. The van der Waals surface area contributed by atoms with Crippen molar-refractivity contribution in [3.05, 3.63) is 27.3 Å². The Hall–Kier alpha value is -0.580. The number of amidine groups is 1. The Labute approximate surface area is 98.8 Å². The number of aryl methyl sites for hydroxylation is 1. The molecule has 0 spiro atoms. The number of nitrogens with two attached hydrogens (primary N) is 1. The van der Waals surface area contributed by atoms with E-state index in [1.807, 2.05) is 26.8 Å². The van der Waals surface area contributed by atoms with Gasteiger partial charge < -0.3 is 5.73 Å². The van der Waals surface area contributed by atoms with Gasteiger partial charge in [-0.2, -0.15) is 0 Å². The molecule has 0 amide bonds. The van der Waals surface area contributed by atoms with Gasteiger partial charge in [-0.1, -0.05) is 19.9 Å². The standard InChI is InChI=1S/C11H15IN2/c1-7(2)11(13)14-10-6-9(12)5-4-8(10)3/h4-7H,1-3H3,(H2,13,14). The van der Waals surface area contributed by atoms with E-state index in [4.69, 9.17) is 5.73 Å². The fraction of sp³-hybridized carbons (Fsp3) is 0.364. The fourth-order valence-corrected chi connectivity index (χ4v) is 1.45. The summed E-state index contributed by atoms with van der Waals surface area (Å²) in [5.41, 5.74) is 7.95. The molecule has 0 saturated heterocycles. The van der Waals surface area contributed by atoms with Crippen LogP contribution in [0.2, 0.25) is 0 Å². The molecule has 0 bridgehead atoms. The summed E-state index contributed by atoms with van der Waals surface area (Å²) >= 11 is 2.28. The van der Waals surface area contributed by atoms with Crippen LogP contribution in [0, 0.1) is 16.4 Å². The minimum absolute atomic E-state index is 0.298. The van der Waals surface area contributed by atoms with Crippen LogP contribution in [0.15, 0.2) is 23.2 Å². The van der Waals surface area contributed by atoms with Crippen LogP contribution in [0.1, 0.15) is 19.4 Å². The van der Waals surface area contributed by atoms with Crippen LogP contribution < -0.4 is 5.73 Å². The molecule has 3 heteroatoms. The zero-order chi connectivity index (χ0) is 10.7. The van der Waals surface area contributed by atoms with Crippen LogP contribution in [0.4, 0.5) is 5.69 Å². The maximum Gasteiger partial charge on any atom is 0.102 e. The smallest absolute Gasteiger partial charge is 0.102 e. The molecular weight excluding hydrogens is 287 g/mol. The van der Waals surface area contributed by atoms with Crippen LogP contribution in [0.3, 0.4) is 0 Å². The lowest BCUT2D eigenvalue weighted by Crippen LogP contribution is -2.18. The van der Waals surface area contributed by atoms with Gasteiger partial charge in [0.1, 0.15) is 5.84 Å². The molecule has 1 rings (SSSR count). The van der Waals surface area contributed by atoms with Gasteiger partial charge in [0.2, 0.25) is 0 Å². The molecule has 0 atom stereocenters. The van der Waals surface area contributed by atoms with Crippen molar-refractivity contribution in [2.45, 2.75) is 20.8 Å². The highest BCUT2D eigenvalue weighted by molar-refractivity contribution is 14.1.